The lowest BCUT2D eigenvalue weighted by Crippen LogP contribution is -2.07. The molecule has 1 aromatic heterocycles. The molecule has 2 rings (SSSR count). The molecule has 0 saturated carbocycles. The highest BCUT2D eigenvalue weighted by Crippen LogP contribution is 2.11. The van der Waals surface area contributed by atoms with E-state index in [0.717, 1.165) is 11.3 Å². The van der Waals surface area contributed by atoms with Gasteiger partial charge in [0, 0.05) is 11.5 Å². The maximum absolute atomic E-state index is 11.7. The summed E-state index contributed by atoms with van der Waals surface area (Å²) in [5.74, 6) is 0.183. The summed E-state index contributed by atoms with van der Waals surface area (Å²) in [4.78, 5) is 15.6. The van der Waals surface area contributed by atoms with Gasteiger partial charge in [0.15, 0.2) is 5.78 Å². The SMILES string of the molecule is CC(C)C(=O)c1ccc(-n2cncn2)cc1. The molecule has 2 aromatic rings. The fraction of sp³-hybridized carbons (Fsp3) is 0.250. The van der Waals surface area contributed by atoms with Crippen LogP contribution in [-0.2, 0) is 0 Å². The highest BCUT2D eigenvalue weighted by molar-refractivity contribution is 5.97. The van der Waals surface area contributed by atoms with Crippen molar-refractivity contribution >= 4 is 5.78 Å². The van der Waals surface area contributed by atoms with Crippen molar-refractivity contribution in [2.24, 2.45) is 5.92 Å². The predicted molar refractivity (Wildman–Crippen MR) is 60.5 cm³/mol. The van der Waals surface area contributed by atoms with Crippen LogP contribution in [0.5, 0.6) is 0 Å². The monoisotopic (exact) mass is 215 g/mol. The number of benzene rings is 1. The van der Waals surface area contributed by atoms with Crippen molar-refractivity contribution < 1.29 is 4.79 Å². The van der Waals surface area contributed by atoms with Crippen molar-refractivity contribution in [1.29, 1.82) is 0 Å². The van der Waals surface area contributed by atoms with Crippen molar-refractivity contribution in [3.05, 3.63) is 42.5 Å². The summed E-state index contributed by atoms with van der Waals surface area (Å²) in [5, 5.41) is 4.02. The van der Waals surface area contributed by atoms with Gasteiger partial charge in [0.2, 0.25) is 0 Å². The Morgan fingerprint density at radius 1 is 1.25 bits per heavy atom. The Balaban J connectivity index is 2.27. The molecule has 0 radical (unpaired) electrons. The minimum absolute atomic E-state index is 0.0252. The summed E-state index contributed by atoms with van der Waals surface area (Å²) in [5.41, 5.74) is 1.64. The first-order chi connectivity index (χ1) is 7.68. The molecular weight excluding hydrogens is 202 g/mol. The zero-order valence-corrected chi connectivity index (χ0v) is 9.29. The number of ketones is 1. The van der Waals surface area contributed by atoms with Gasteiger partial charge < -0.3 is 0 Å². The fourth-order valence-electron chi connectivity index (χ4n) is 1.45. The first-order valence-electron chi connectivity index (χ1n) is 5.18. The lowest BCUT2D eigenvalue weighted by Gasteiger charge is -2.05. The van der Waals surface area contributed by atoms with Gasteiger partial charge in [0.25, 0.3) is 0 Å². The standard InChI is InChI=1S/C12H13N3O/c1-9(2)12(16)10-3-5-11(6-4-10)15-8-13-7-14-15/h3-9H,1-2H3. The Morgan fingerprint density at radius 3 is 2.44 bits per heavy atom. The second kappa shape index (κ2) is 4.26. The van der Waals surface area contributed by atoms with Gasteiger partial charge in [-0.05, 0) is 24.3 Å². The summed E-state index contributed by atoms with van der Waals surface area (Å²) in [6.45, 7) is 3.79. The van der Waals surface area contributed by atoms with Crippen LogP contribution in [0.3, 0.4) is 0 Å². The molecule has 4 nitrogen and oxygen atoms in total. The van der Waals surface area contributed by atoms with Crippen molar-refractivity contribution in [3.8, 4) is 5.69 Å². The van der Waals surface area contributed by atoms with E-state index in [1.807, 2.05) is 38.1 Å². The van der Waals surface area contributed by atoms with Gasteiger partial charge in [0.05, 0.1) is 5.69 Å². The molecule has 0 spiro atoms. The molecule has 0 bridgehead atoms. The van der Waals surface area contributed by atoms with Crippen molar-refractivity contribution in [2.75, 3.05) is 0 Å². The van der Waals surface area contributed by atoms with Gasteiger partial charge in [-0.3, -0.25) is 4.79 Å². The van der Waals surface area contributed by atoms with E-state index in [2.05, 4.69) is 10.1 Å². The first kappa shape index (κ1) is 10.5. The summed E-state index contributed by atoms with van der Waals surface area (Å²) in [7, 11) is 0. The van der Waals surface area contributed by atoms with Crippen molar-refractivity contribution in [2.45, 2.75) is 13.8 Å². The smallest absolute Gasteiger partial charge is 0.165 e. The fourth-order valence-corrected chi connectivity index (χ4v) is 1.45. The number of Topliss-reactive ketones (excluding diaryl/α,β-unsaturated/α-hetero) is 1. The number of hydrogen-bond donors (Lipinski definition) is 0. The molecule has 1 heterocycles. The molecule has 0 atom stereocenters. The molecular formula is C12H13N3O. The number of carbonyl (C=O) groups excluding carboxylic acids is 1. The second-order valence-corrected chi connectivity index (χ2v) is 3.91. The summed E-state index contributed by atoms with van der Waals surface area (Å²) in [6.07, 6.45) is 3.10. The third kappa shape index (κ3) is 2.00. The highest BCUT2D eigenvalue weighted by Gasteiger charge is 2.09. The number of rotatable bonds is 3. The molecule has 0 fully saturated rings. The highest BCUT2D eigenvalue weighted by atomic mass is 16.1. The van der Waals surface area contributed by atoms with Crippen LogP contribution in [0.25, 0.3) is 5.69 Å². The maximum Gasteiger partial charge on any atom is 0.165 e. The summed E-state index contributed by atoms with van der Waals surface area (Å²) < 4.78 is 1.66. The Kier molecular flexibility index (Phi) is 2.81. The molecule has 4 heteroatoms. The molecule has 82 valence electrons. The van der Waals surface area contributed by atoms with Crippen LogP contribution in [0.4, 0.5) is 0 Å². The molecule has 0 N–H and O–H groups in total. The molecule has 0 amide bonds. The van der Waals surface area contributed by atoms with Crippen molar-refractivity contribution in [1.82, 2.24) is 14.8 Å². The van der Waals surface area contributed by atoms with Gasteiger partial charge in [-0.1, -0.05) is 13.8 Å². The van der Waals surface area contributed by atoms with Crippen LogP contribution in [0.15, 0.2) is 36.9 Å². The second-order valence-electron chi connectivity index (χ2n) is 3.91. The lowest BCUT2D eigenvalue weighted by atomic mass is 10.0. The zero-order valence-electron chi connectivity index (χ0n) is 9.29. The Hall–Kier alpha value is -1.97. The molecule has 0 saturated heterocycles. The number of hydrogen-bond acceptors (Lipinski definition) is 3. The lowest BCUT2D eigenvalue weighted by molar-refractivity contribution is 0.0939. The van der Waals surface area contributed by atoms with E-state index in [0.29, 0.717) is 0 Å². The van der Waals surface area contributed by atoms with E-state index in [1.165, 1.54) is 6.33 Å². The minimum Gasteiger partial charge on any atom is -0.294 e. The van der Waals surface area contributed by atoms with Crippen LogP contribution in [-0.4, -0.2) is 20.5 Å². The largest absolute Gasteiger partial charge is 0.294 e. The Labute approximate surface area is 93.9 Å². The average molecular weight is 215 g/mol. The van der Waals surface area contributed by atoms with Crippen LogP contribution >= 0.6 is 0 Å². The maximum atomic E-state index is 11.7. The molecule has 0 aliphatic rings. The molecule has 0 aliphatic heterocycles. The van der Waals surface area contributed by atoms with Crippen molar-refractivity contribution in [3.63, 3.8) is 0 Å². The van der Waals surface area contributed by atoms with Crippen LogP contribution in [0.1, 0.15) is 24.2 Å². The van der Waals surface area contributed by atoms with Crippen LogP contribution in [0, 0.1) is 5.92 Å². The topological polar surface area (TPSA) is 47.8 Å². The van der Waals surface area contributed by atoms with Gasteiger partial charge in [-0.25, -0.2) is 9.67 Å². The molecule has 1 aromatic carbocycles. The van der Waals surface area contributed by atoms with Gasteiger partial charge in [0.1, 0.15) is 12.7 Å². The van der Waals surface area contributed by atoms with Gasteiger partial charge >= 0.3 is 0 Å². The number of carbonyl (C=O) groups is 1. The Bertz CT molecular complexity index is 471. The minimum atomic E-state index is 0.0252. The number of nitrogens with zero attached hydrogens (tertiary/aromatic N) is 3. The molecule has 0 aliphatic carbocycles. The van der Waals surface area contributed by atoms with Gasteiger partial charge in [-0.2, -0.15) is 5.10 Å². The molecule has 0 unspecified atom stereocenters. The zero-order chi connectivity index (χ0) is 11.5. The predicted octanol–water partition coefficient (Wildman–Crippen LogP) is 2.11. The van der Waals surface area contributed by atoms with E-state index in [4.69, 9.17) is 0 Å². The average Bonchev–Trinajstić information content (AvgIpc) is 2.81. The third-order valence-corrected chi connectivity index (χ3v) is 2.36. The van der Waals surface area contributed by atoms with E-state index in [1.54, 1.807) is 11.0 Å². The van der Waals surface area contributed by atoms with Crippen LogP contribution < -0.4 is 0 Å². The van der Waals surface area contributed by atoms with E-state index in [9.17, 15) is 4.79 Å². The first-order valence-corrected chi connectivity index (χ1v) is 5.18. The quantitative estimate of drug-likeness (QED) is 0.737. The third-order valence-electron chi connectivity index (χ3n) is 2.36. The number of aromatic nitrogens is 3. The van der Waals surface area contributed by atoms with Crippen LogP contribution in [0.2, 0.25) is 0 Å². The van der Waals surface area contributed by atoms with Gasteiger partial charge in [-0.15, -0.1) is 0 Å². The molecule has 16 heavy (non-hydrogen) atoms. The van der Waals surface area contributed by atoms with E-state index in [-0.39, 0.29) is 11.7 Å². The summed E-state index contributed by atoms with van der Waals surface area (Å²) in [6, 6.07) is 7.37. The van der Waals surface area contributed by atoms with E-state index < -0.39 is 0 Å². The normalized spacial score (nSPS) is 10.7. The summed E-state index contributed by atoms with van der Waals surface area (Å²) >= 11 is 0. The van der Waals surface area contributed by atoms with E-state index >= 15 is 0 Å². The Morgan fingerprint density at radius 2 is 1.94 bits per heavy atom.